The van der Waals surface area contributed by atoms with Crippen LogP contribution >= 0.6 is 11.3 Å². The Hall–Kier alpha value is -1.67. The molecule has 0 radical (unpaired) electrons. The molecule has 0 aromatic carbocycles. The molecule has 0 spiro atoms. The largest absolute Gasteiger partial charge is 0.433 e. The van der Waals surface area contributed by atoms with E-state index in [0.717, 1.165) is 49.8 Å². The Bertz CT molecular complexity index is 797. The number of nitrogens with zero attached hydrogens (tertiary/aromatic N) is 2. The lowest BCUT2D eigenvalue weighted by atomic mass is 10.0. The van der Waals surface area contributed by atoms with Crippen molar-refractivity contribution in [1.82, 2.24) is 15.2 Å². The van der Waals surface area contributed by atoms with Crippen LogP contribution in [0.1, 0.15) is 47.1 Å². The van der Waals surface area contributed by atoms with E-state index in [-0.39, 0.29) is 16.8 Å². The second kappa shape index (κ2) is 7.52. The van der Waals surface area contributed by atoms with Crippen LogP contribution in [0.4, 0.5) is 13.2 Å². The fourth-order valence-electron chi connectivity index (χ4n) is 3.40. The number of hydrogen-bond acceptors (Lipinski definition) is 4. The first-order chi connectivity index (χ1) is 12.3. The summed E-state index contributed by atoms with van der Waals surface area (Å²) in [6, 6.07) is 2.57. The Kier molecular flexibility index (Phi) is 5.53. The Balaban J connectivity index is 1.96. The minimum absolute atomic E-state index is 0.0900. The summed E-state index contributed by atoms with van der Waals surface area (Å²) in [5.41, 5.74) is -0.208. The number of amides is 1. The zero-order valence-electron chi connectivity index (χ0n) is 14.8. The van der Waals surface area contributed by atoms with Gasteiger partial charge in [-0.2, -0.15) is 13.2 Å². The fraction of sp³-hybridized carbons (Fsp3) is 0.556. The average molecular weight is 385 g/mol. The van der Waals surface area contributed by atoms with Gasteiger partial charge in [-0.3, -0.25) is 4.79 Å². The summed E-state index contributed by atoms with van der Waals surface area (Å²) in [5, 5.41) is 3.91. The van der Waals surface area contributed by atoms with Crippen LogP contribution in [0.15, 0.2) is 12.1 Å². The zero-order chi connectivity index (χ0) is 18.9. The maximum Gasteiger partial charge on any atom is 0.433 e. The van der Waals surface area contributed by atoms with Gasteiger partial charge in [0.2, 0.25) is 0 Å². The Morgan fingerprint density at radius 1 is 1.35 bits per heavy atom. The molecule has 26 heavy (non-hydrogen) atoms. The van der Waals surface area contributed by atoms with Crippen molar-refractivity contribution in [2.75, 3.05) is 19.6 Å². The fourth-order valence-corrected chi connectivity index (χ4v) is 4.54. The number of fused-ring (bicyclic) bond motifs is 1. The highest BCUT2D eigenvalue weighted by Crippen LogP contribution is 2.35. The number of halogens is 3. The molecule has 1 N–H and O–H groups in total. The van der Waals surface area contributed by atoms with Crippen molar-refractivity contribution in [2.24, 2.45) is 0 Å². The van der Waals surface area contributed by atoms with E-state index in [0.29, 0.717) is 22.4 Å². The molecule has 1 saturated heterocycles. The lowest BCUT2D eigenvalue weighted by molar-refractivity contribution is -0.140. The van der Waals surface area contributed by atoms with Gasteiger partial charge in [0.05, 0.1) is 4.88 Å². The molecule has 1 fully saturated rings. The van der Waals surface area contributed by atoms with Crippen molar-refractivity contribution >= 4 is 27.5 Å². The highest BCUT2D eigenvalue weighted by molar-refractivity contribution is 7.20. The quantitative estimate of drug-likeness (QED) is 0.857. The molecule has 1 amide bonds. The average Bonchev–Trinajstić information content (AvgIpc) is 2.95. The summed E-state index contributed by atoms with van der Waals surface area (Å²) in [7, 11) is 0. The topological polar surface area (TPSA) is 45.2 Å². The summed E-state index contributed by atoms with van der Waals surface area (Å²) < 4.78 is 38.7. The molecule has 0 saturated carbocycles. The molecule has 142 valence electrons. The molecule has 0 aliphatic carbocycles. The number of pyridine rings is 1. The van der Waals surface area contributed by atoms with Gasteiger partial charge < -0.3 is 10.2 Å². The summed E-state index contributed by atoms with van der Waals surface area (Å²) in [6.45, 7) is 6.21. The smallest absolute Gasteiger partial charge is 0.335 e. The summed E-state index contributed by atoms with van der Waals surface area (Å²) >= 11 is 1.06. The molecule has 1 aliphatic heterocycles. The lowest BCUT2D eigenvalue weighted by Crippen LogP contribution is -2.46. The van der Waals surface area contributed by atoms with Crippen LogP contribution in [0.25, 0.3) is 10.2 Å². The van der Waals surface area contributed by atoms with Gasteiger partial charge in [0.15, 0.2) is 0 Å². The van der Waals surface area contributed by atoms with E-state index in [9.17, 15) is 18.0 Å². The van der Waals surface area contributed by atoms with Crippen LogP contribution in [0.3, 0.4) is 0 Å². The summed E-state index contributed by atoms with van der Waals surface area (Å²) in [5.74, 6) is -0.0900. The maximum atomic E-state index is 13.2. The third kappa shape index (κ3) is 3.71. The molecule has 2 aromatic rings. The summed E-state index contributed by atoms with van der Waals surface area (Å²) in [4.78, 5) is 19.6. The van der Waals surface area contributed by atoms with Gasteiger partial charge in [-0.05, 0) is 57.0 Å². The predicted molar refractivity (Wildman–Crippen MR) is 96.6 cm³/mol. The van der Waals surface area contributed by atoms with E-state index in [1.54, 1.807) is 6.92 Å². The van der Waals surface area contributed by atoms with Gasteiger partial charge in [-0.25, -0.2) is 4.98 Å². The third-order valence-electron chi connectivity index (χ3n) is 4.76. The standard InChI is InChI=1S/C18H22F3N3OS/c1-3-10-24(12-6-8-22-9-7-12)17(25)15-11(2)13-4-5-14(18(19,20)21)23-16(13)26-15/h4-5,12,22H,3,6-10H2,1-2H3. The third-order valence-corrected chi connectivity index (χ3v) is 5.95. The van der Waals surface area contributed by atoms with Crippen LogP contribution in [0, 0.1) is 6.92 Å². The SMILES string of the molecule is CCCN(C(=O)c1sc2nc(C(F)(F)F)ccc2c1C)C1CCNCC1. The molecule has 4 nitrogen and oxygen atoms in total. The van der Waals surface area contributed by atoms with Crippen LogP contribution < -0.4 is 5.32 Å². The number of carbonyl (C=O) groups is 1. The van der Waals surface area contributed by atoms with Gasteiger partial charge in [0, 0.05) is 18.0 Å². The highest BCUT2D eigenvalue weighted by atomic mass is 32.1. The summed E-state index contributed by atoms with van der Waals surface area (Å²) in [6.07, 6.45) is -1.85. The number of thiophene rings is 1. The normalized spacial score (nSPS) is 16.2. The van der Waals surface area contributed by atoms with Gasteiger partial charge in [-0.1, -0.05) is 6.92 Å². The molecule has 3 heterocycles. The molecule has 0 atom stereocenters. The first-order valence-corrected chi connectivity index (χ1v) is 9.63. The van der Waals surface area contributed by atoms with E-state index in [4.69, 9.17) is 0 Å². The molecule has 0 unspecified atom stereocenters. The van der Waals surface area contributed by atoms with Crippen LogP contribution in [-0.4, -0.2) is 41.5 Å². The number of nitrogens with one attached hydrogen (secondary N) is 1. The van der Waals surface area contributed by atoms with Crippen molar-refractivity contribution in [3.8, 4) is 0 Å². The van der Waals surface area contributed by atoms with E-state index >= 15 is 0 Å². The molecule has 3 rings (SSSR count). The molecule has 1 aliphatic rings. The number of rotatable bonds is 4. The van der Waals surface area contributed by atoms with E-state index < -0.39 is 11.9 Å². The minimum Gasteiger partial charge on any atom is -0.335 e. The van der Waals surface area contributed by atoms with E-state index in [2.05, 4.69) is 10.3 Å². The number of aryl methyl sites for hydroxylation is 1. The van der Waals surface area contributed by atoms with Gasteiger partial charge >= 0.3 is 6.18 Å². The van der Waals surface area contributed by atoms with Gasteiger partial charge in [0.1, 0.15) is 10.5 Å². The highest BCUT2D eigenvalue weighted by Gasteiger charge is 2.34. The van der Waals surface area contributed by atoms with Crippen molar-refractivity contribution in [1.29, 1.82) is 0 Å². The van der Waals surface area contributed by atoms with Crippen LogP contribution in [0.5, 0.6) is 0 Å². The number of alkyl halides is 3. The van der Waals surface area contributed by atoms with Crippen molar-refractivity contribution in [3.63, 3.8) is 0 Å². The maximum absolute atomic E-state index is 13.2. The predicted octanol–water partition coefficient (Wildman–Crippen LogP) is 4.23. The number of aromatic nitrogens is 1. The molecule has 2 aromatic heterocycles. The van der Waals surface area contributed by atoms with Crippen LogP contribution in [0.2, 0.25) is 0 Å². The molecular formula is C18H22F3N3OS. The zero-order valence-corrected chi connectivity index (χ0v) is 15.6. The van der Waals surface area contributed by atoms with Gasteiger partial charge in [0.25, 0.3) is 5.91 Å². The second-order valence-corrected chi connectivity index (χ2v) is 7.58. The number of piperidine rings is 1. The minimum atomic E-state index is -4.49. The first kappa shape index (κ1) is 19.1. The Morgan fingerprint density at radius 3 is 2.65 bits per heavy atom. The Morgan fingerprint density at radius 2 is 2.04 bits per heavy atom. The molecule has 8 heteroatoms. The van der Waals surface area contributed by atoms with Crippen molar-refractivity contribution in [3.05, 3.63) is 28.3 Å². The molecular weight excluding hydrogens is 363 g/mol. The van der Waals surface area contributed by atoms with Crippen molar-refractivity contribution in [2.45, 2.75) is 45.3 Å². The van der Waals surface area contributed by atoms with E-state index in [1.807, 2.05) is 11.8 Å². The second-order valence-electron chi connectivity index (χ2n) is 6.58. The van der Waals surface area contributed by atoms with Gasteiger partial charge in [-0.15, -0.1) is 11.3 Å². The monoisotopic (exact) mass is 385 g/mol. The Labute approximate surface area is 154 Å². The number of carbonyl (C=O) groups excluding carboxylic acids is 1. The first-order valence-electron chi connectivity index (χ1n) is 8.82. The number of hydrogen-bond donors (Lipinski definition) is 1. The molecule has 0 bridgehead atoms. The van der Waals surface area contributed by atoms with E-state index in [1.165, 1.54) is 6.07 Å². The van der Waals surface area contributed by atoms with Crippen molar-refractivity contribution < 1.29 is 18.0 Å². The lowest BCUT2D eigenvalue weighted by Gasteiger charge is -2.34. The van der Waals surface area contributed by atoms with Crippen LogP contribution in [-0.2, 0) is 6.18 Å².